The van der Waals surface area contributed by atoms with Crippen molar-refractivity contribution >= 4 is 34.1 Å². The molecule has 2 aromatic heterocycles. The molecule has 1 aliphatic carbocycles. The van der Waals surface area contributed by atoms with Crippen LogP contribution in [0.15, 0.2) is 59.5 Å². The molecule has 1 amide bonds. The van der Waals surface area contributed by atoms with Crippen LogP contribution in [-0.2, 0) is 11.3 Å². The smallest absolute Gasteiger partial charge is 0.293 e. The van der Waals surface area contributed by atoms with Gasteiger partial charge in [-0.2, -0.15) is 10.2 Å². The normalized spacial score (nSPS) is 13.5. The minimum atomic E-state index is -0.341. The van der Waals surface area contributed by atoms with Gasteiger partial charge in [0.1, 0.15) is 12.1 Å². The summed E-state index contributed by atoms with van der Waals surface area (Å²) in [6.07, 6.45) is 3.75. The largest absolute Gasteiger partial charge is 0.324 e. The maximum Gasteiger partial charge on any atom is 0.293 e. The first-order valence-electron chi connectivity index (χ1n) is 10.1. The minimum Gasteiger partial charge on any atom is -0.324 e. The van der Waals surface area contributed by atoms with Crippen LogP contribution in [0.5, 0.6) is 0 Å². The number of anilines is 1. The predicted molar refractivity (Wildman–Crippen MR) is 120 cm³/mol. The lowest BCUT2D eigenvalue weighted by Gasteiger charge is -2.11. The Kier molecular flexibility index (Phi) is 4.82. The SMILES string of the molecule is Cc1ccccc1-n1ncc2c(C3CC3)nn(CC(=O)Nc3ccc(Cl)cc3)c(=O)c21. The van der Waals surface area contributed by atoms with E-state index in [4.69, 9.17) is 11.6 Å². The number of aryl methyl sites for hydroxylation is 1. The third-order valence-corrected chi connectivity index (χ3v) is 5.69. The molecule has 2 aromatic carbocycles. The van der Waals surface area contributed by atoms with Gasteiger partial charge in [0, 0.05) is 22.0 Å². The van der Waals surface area contributed by atoms with Gasteiger partial charge in [-0.15, -0.1) is 0 Å². The predicted octanol–water partition coefficient (Wildman–Crippen LogP) is 4.06. The highest BCUT2D eigenvalue weighted by molar-refractivity contribution is 6.30. The zero-order valence-corrected chi connectivity index (χ0v) is 17.6. The van der Waals surface area contributed by atoms with Crippen LogP contribution in [0.1, 0.15) is 30.0 Å². The van der Waals surface area contributed by atoms with Gasteiger partial charge in [-0.1, -0.05) is 29.8 Å². The van der Waals surface area contributed by atoms with E-state index in [0.717, 1.165) is 35.2 Å². The van der Waals surface area contributed by atoms with Crippen LogP contribution >= 0.6 is 11.6 Å². The van der Waals surface area contributed by atoms with Crippen LogP contribution in [0.25, 0.3) is 16.6 Å². The number of aromatic nitrogens is 4. The van der Waals surface area contributed by atoms with Crippen molar-refractivity contribution in [1.82, 2.24) is 19.6 Å². The summed E-state index contributed by atoms with van der Waals surface area (Å²) < 4.78 is 2.91. The molecule has 7 nitrogen and oxygen atoms in total. The van der Waals surface area contributed by atoms with Crippen molar-refractivity contribution in [2.45, 2.75) is 32.2 Å². The molecular formula is C23H20ClN5O2. The molecule has 1 aliphatic rings. The van der Waals surface area contributed by atoms with Crippen molar-refractivity contribution in [1.29, 1.82) is 0 Å². The minimum absolute atomic E-state index is 0.184. The molecular weight excluding hydrogens is 414 g/mol. The number of nitrogens with one attached hydrogen (secondary N) is 1. The summed E-state index contributed by atoms with van der Waals surface area (Å²) in [4.78, 5) is 26.0. The van der Waals surface area contributed by atoms with Crippen LogP contribution in [0.2, 0.25) is 5.02 Å². The maximum atomic E-state index is 13.4. The third kappa shape index (κ3) is 3.72. The van der Waals surface area contributed by atoms with Crippen LogP contribution in [-0.4, -0.2) is 25.5 Å². The Morgan fingerprint density at radius 2 is 1.90 bits per heavy atom. The number of para-hydroxylation sites is 1. The molecule has 0 bridgehead atoms. The van der Waals surface area contributed by atoms with Gasteiger partial charge in [0.25, 0.3) is 5.56 Å². The number of nitrogens with zero attached hydrogens (tertiary/aromatic N) is 4. The van der Waals surface area contributed by atoms with Crippen molar-refractivity contribution in [3.63, 3.8) is 0 Å². The summed E-state index contributed by atoms with van der Waals surface area (Å²) >= 11 is 5.90. The first-order chi connectivity index (χ1) is 15.0. The highest BCUT2D eigenvalue weighted by atomic mass is 35.5. The number of carbonyl (C=O) groups is 1. The van der Waals surface area contributed by atoms with E-state index >= 15 is 0 Å². The Bertz CT molecular complexity index is 1350. The summed E-state index contributed by atoms with van der Waals surface area (Å²) in [5, 5.41) is 13.2. The van der Waals surface area contributed by atoms with Crippen molar-refractivity contribution in [3.05, 3.63) is 81.4 Å². The van der Waals surface area contributed by atoms with E-state index < -0.39 is 0 Å². The number of hydrogen-bond acceptors (Lipinski definition) is 4. The summed E-state index contributed by atoms with van der Waals surface area (Å²) in [6, 6.07) is 14.6. The van der Waals surface area contributed by atoms with Gasteiger partial charge >= 0.3 is 0 Å². The number of benzene rings is 2. The second-order valence-electron chi connectivity index (χ2n) is 7.78. The zero-order valence-electron chi connectivity index (χ0n) is 16.9. The summed E-state index contributed by atoms with van der Waals surface area (Å²) in [5.74, 6) is -0.0387. The number of amides is 1. The highest BCUT2D eigenvalue weighted by Gasteiger charge is 2.30. The topological polar surface area (TPSA) is 81.8 Å². The average molecular weight is 434 g/mol. The molecule has 0 spiro atoms. The molecule has 156 valence electrons. The van der Waals surface area contributed by atoms with Gasteiger partial charge in [-0.3, -0.25) is 9.59 Å². The van der Waals surface area contributed by atoms with E-state index in [1.54, 1.807) is 35.1 Å². The van der Waals surface area contributed by atoms with E-state index in [2.05, 4.69) is 15.5 Å². The van der Waals surface area contributed by atoms with Gasteiger partial charge in [-0.05, 0) is 55.7 Å². The number of fused-ring (bicyclic) bond motifs is 1. The Balaban J connectivity index is 1.57. The van der Waals surface area contributed by atoms with Crippen molar-refractivity contribution in [2.24, 2.45) is 0 Å². The lowest BCUT2D eigenvalue weighted by molar-refractivity contribution is -0.117. The number of hydrogen-bond donors (Lipinski definition) is 1. The Morgan fingerprint density at radius 3 is 2.61 bits per heavy atom. The fourth-order valence-corrected chi connectivity index (χ4v) is 3.84. The second kappa shape index (κ2) is 7.67. The van der Waals surface area contributed by atoms with Gasteiger partial charge < -0.3 is 5.32 Å². The fraction of sp³-hybridized carbons (Fsp3) is 0.217. The Morgan fingerprint density at radius 1 is 1.16 bits per heavy atom. The highest BCUT2D eigenvalue weighted by Crippen LogP contribution is 2.41. The van der Waals surface area contributed by atoms with Crippen LogP contribution < -0.4 is 10.9 Å². The van der Waals surface area contributed by atoms with Crippen LogP contribution in [0, 0.1) is 6.92 Å². The molecule has 1 N–H and O–H groups in total. The van der Waals surface area contributed by atoms with Crippen molar-refractivity contribution in [2.75, 3.05) is 5.32 Å². The molecule has 4 aromatic rings. The molecule has 0 saturated heterocycles. The molecule has 5 rings (SSSR count). The Labute approximate surface area is 183 Å². The number of halogens is 1. The monoisotopic (exact) mass is 433 g/mol. The van der Waals surface area contributed by atoms with Crippen LogP contribution in [0.4, 0.5) is 5.69 Å². The van der Waals surface area contributed by atoms with E-state index in [9.17, 15) is 9.59 Å². The molecule has 2 heterocycles. The van der Waals surface area contributed by atoms with Gasteiger partial charge in [0.05, 0.1) is 17.6 Å². The lowest BCUT2D eigenvalue weighted by atomic mass is 10.2. The van der Waals surface area contributed by atoms with E-state index in [-0.39, 0.29) is 18.0 Å². The summed E-state index contributed by atoms with van der Waals surface area (Å²) in [5.41, 5.74) is 3.38. The van der Waals surface area contributed by atoms with E-state index in [1.165, 1.54) is 4.68 Å². The van der Waals surface area contributed by atoms with Gasteiger partial charge in [-0.25, -0.2) is 9.36 Å². The molecule has 1 saturated carbocycles. The molecule has 8 heteroatoms. The fourth-order valence-electron chi connectivity index (χ4n) is 3.71. The Hall–Kier alpha value is -3.45. The molecule has 0 aliphatic heterocycles. The van der Waals surface area contributed by atoms with Crippen LogP contribution in [0.3, 0.4) is 0 Å². The molecule has 31 heavy (non-hydrogen) atoms. The zero-order chi connectivity index (χ0) is 21.5. The van der Waals surface area contributed by atoms with Gasteiger partial charge in [0.15, 0.2) is 0 Å². The van der Waals surface area contributed by atoms with E-state index in [1.807, 2.05) is 31.2 Å². The van der Waals surface area contributed by atoms with Crippen molar-refractivity contribution < 1.29 is 4.79 Å². The number of rotatable bonds is 5. The molecule has 1 fully saturated rings. The number of carbonyl (C=O) groups excluding carboxylic acids is 1. The molecule has 0 unspecified atom stereocenters. The molecule has 0 radical (unpaired) electrons. The maximum absolute atomic E-state index is 13.4. The van der Waals surface area contributed by atoms with Gasteiger partial charge in [0.2, 0.25) is 5.91 Å². The average Bonchev–Trinajstić information content (AvgIpc) is 3.50. The molecule has 0 atom stereocenters. The first kappa shape index (κ1) is 19.5. The first-order valence-corrected chi connectivity index (χ1v) is 10.5. The third-order valence-electron chi connectivity index (χ3n) is 5.44. The summed E-state index contributed by atoms with van der Waals surface area (Å²) in [7, 11) is 0. The standard InChI is InChI=1S/C23H20ClN5O2/c1-14-4-2-3-5-19(14)29-22-18(12-25-29)21(15-6-7-15)27-28(23(22)31)13-20(30)26-17-10-8-16(24)9-11-17/h2-5,8-12,15H,6-7,13H2,1H3,(H,26,30). The lowest BCUT2D eigenvalue weighted by Crippen LogP contribution is -2.31. The second-order valence-corrected chi connectivity index (χ2v) is 8.22. The quantitative estimate of drug-likeness (QED) is 0.514. The summed E-state index contributed by atoms with van der Waals surface area (Å²) in [6.45, 7) is 1.79. The van der Waals surface area contributed by atoms with E-state index in [0.29, 0.717) is 22.1 Å². The van der Waals surface area contributed by atoms with Crippen molar-refractivity contribution in [3.8, 4) is 5.69 Å².